The molecule has 184 valence electrons. The van der Waals surface area contributed by atoms with Crippen molar-refractivity contribution in [1.82, 2.24) is 0 Å². The van der Waals surface area contributed by atoms with Gasteiger partial charge in [-0.05, 0) is 54.7 Å². The summed E-state index contributed by atoms with van der Waals surface area (Å²) < 4.78 is 76.2. The van der Waals surface area contributed by atoms with Crippen molar-refractivity contribution in [2.75, 3.05) is 16.0 Å². The van der Waals surface area contributed by atoms with E-state index in [1.165, 1.54) is 18.2 Å². The number of benzene rings is 2. The first kappa shape index (κ1) is 25.4. The Labute approximate surface area is 191 Å². The molecule has 0 unspecified atom stereocenters. The van der Waals surface area contributed by atoms with Crippen molar-refractivity contribution in [2.24, 2.45) is 0 Å². The SMILES string of the molecule is O=C(CC(F)(F)F)Nc1ccc(C2CCCCC2)c(NC(=O)Nc2cccc(C(F)(F)F)c2)c1. The minimum Gasteiger partial charge on any atom is -0.326 e. The lowest BCUT2D eigenvalue weighted by atomic mass is 9.83. The highest BCUT2D eigenvalue weighted by Crippen LogP contribution is 2.38. The molecule has 0 heterocycles. The fourth-order valence-electron chi connectivity index (χ4n) is 3.96. The third kappa shape index (κ3) is 7.39. The molecular weight excluding hydrogens is 464 g/mol. The van der Waals surface area contributed by atoms with Gasteiger partial charge in [0.25, 0.3) is 0 Å². The zero-order valence-electron chi connectivity index (χ0n) is 17.9. The van der Waals surface area contributed by atoms with Gasteiger partial charge in [-0.3, -0.25) is 4.79 Å². The van der Waals surface area contributed by atoms with Crippen LogP contribution in [0, 0.1) is 0 Å². The van der Waals surface area contributed by atoms with Crippen molar-refractivity contribution in [1.29, 1.82) is 0 Å². The monoisotopic (exact) mass is 487 g/mol. The van der Waals surface area contributed by atoms with Gasteiger partial charge in [0.1, 0.15) is 6.42 Å². The summed E-state index contributed by atoms with van der Waals surface area (Å²) >= 11 is 0. The predicted molar refractivity (Wildman–Crippen MR) is 116 cm³/mol. The smallest absolute Gasteiger partial charge is 0.326 e. The normalized spacial score (nSPS) is 15.0. The molecule has 3 rings (SSSR count). The average molecular weight is 487 g/mol. The van der Waals surface area contributed by atoms with Crippen LogP contribution in [-0.4, -0.2) is 18.1 Å². The maximum atomic E-state index is 12.9. The standard InChI is InChI=1S/C23H23F6N3O2/c24-22(25,26)13-20(33)30-17-9-10-18(14-5-2-1-3-6-14)19(12-17)32-21(34)31-16-8-4-7-15(11-16)23(27,28)29/h4,7-12,14H,1-3,5-6,13H2,(H,30,33)(H2,31,32,34). The molecule has 5 nitrogen and oxygen atoms in total. The molecule has 0 bridgehead atoms. The molecule has 1 fully saturated rings. The number of hydrogen-bond donors (Lipinski definition) is 3. The van der Waals surface area contributed by atoms with Crippen LogP contribution in [0.15, 0.2) is 42.5 Å². The fraction of sp³-hybridized carbons (Fsp3) is 0.391. The van der Waals surface area contributed by atoms with Gasteiger partial charge in [-0.1, -0.05) is 31.4 Å². The van der Waals surface area contributed by atoms with Crippen LogP contribution in [0.3, 0.4) is 0 Å². The van der Waals surface area contributed by atoms with Crippen molar-refractivity contribution in [2.45, 2.75) is 56.8 Å². The molecule has 2 aromatic rings. The Bertz CT molecular complexity index is 1030. The highest BCUT2D eigenvalue weighted by atomic mass is 19.4. The van der Waals surface area contributed by atoms with E-state index in [9.17, 15) is 35.9 Å². The Morgan fingerprint density at radius 3 is 2.15 bits per heavy atom. The molecule has 0 radical (unpaired) electrons. The molecule has 0 aromatic heterocycles. The first-order chi connectivity index (χ1) is 15.9. The summed E-state index contributed by atoms with van der Waals surface area (Å²) in [5.41, 5.74) is 0.0563. The third-order valence-electron chi connectivity index (χ3n) is 5.44. The van der Waals surface area contributed by atoms with E-state index in [1.807, 2.05) is 0 Å². The van der Waals surface area contributed by atoms with E-state index >= 15 is 0 Å². The first-order valence-corrected chi connectivity index (χ1v) is 10.7. The number of amides is 3. The van der Waals surface area contributed by atoms with E-state index in [4.69, 9.17) is 0 Å². The minimum absolute atomic E-state index is 0.0585. The molecule has 0 aliphatic heterocycles. The molecule has 11 heteroatoms. The van der Waals surface area contributed by atoms with Crippen molar-refractivity contribution in [3.05, 3.63) is 53.6 Å². The molecule has 1 aliphatic rings. The first-order valence-electron chi connectivity index (χ1n) is 10.7. The number of rotatable bonds is 5. The van der Waals surface area contributed by atoms with E-state index < -0.39 is 36.3 Å². The largest absolute Gasteiger partial charge is 0.416 e. The van der Waals surface area contributed by atoms with Crippen molar-refractivity contribution in [3.8, 4) is 0 Å². The molecule has 34 heavy (non-hydrogen) atoms. The van der Waals surface area contributed by atoms with E-state index in [0.29, 0.717) is 0 Å². The Kier molecular flexibility index (Phi) is 7.73. The number of carbonyl (C=O) groups is 2. The van der Waals surface area contributed by atoms with Crippen LogP contribution in [0.1, 0.15) is 55.6 Å². The lowest BCUT2D eigenvalue weighted by molar-refractivity contribution is -0.150. The molecule has 0 atom stereocenters. The maximum absolute atomic E-state index is 12.9. The summed E-state index contributed by atoms with van der Waals surface area (Å²) in [6.45, 7) is 0. The Morgan fingerprint density at radius 1 is 0.824 bits per heavy atom. The van der Waals surface area contributed by atoms with E-state index in [2.05, 4.69) is 16.0 Å². The molecule has 0 saturated heterocycles. The van der Waals surface area contributed by atoms with Crippen LogP contribution in [0.25, 0.3) is 0 Å². The highest BCUT2D eigenvalue weighted by Gasteiger charge is 2.32. The van der Waals surface area contributed by atoms with E-state index in [-0.39, 0.29) is 23.0 Å². The second kappa shape index (κ2) is 10.4. The lowest BCUT2D eigenvalue weighted by Gasteiger charge is -2.25. The number of alkyl halides is 6. The summed E-state index contributed by atoms with van der Waals surface area (Å²) in [5, 5.41) is 7.07. The molecule has 2 aromatic carbocycles. The summed E-state index contributed by atoms with van der Waals surface area (Å²) in [6.07, 6.45) is -6.18. The number of nitrogens with one attached hydrogen (secondary N) is 3. The van der Waals surface area contributed by atoms with Gasteiger partial charge in [0, 0.05) is 17.1 Å². The second-order valence-corrected chi connectivity index (χ2v) is 8.13. The maximum Gasteiger partial charge on any atom is 0.416 e. The average Bonchev–Trinajstić information content (AvgIpc) is 2.72. The minimum atomic E-state index is -4.67. The van der Waals surface area contributed by atoms with Crippen molar-refractivity contribution in [3.63, 3.8) is 0 Å². The van der Waals surface area contributed by atoms with Crippen LogP contribution >= 0.6 is 0 Å². The Morgan fingerprint density at radius 2 is 1.50 bits per heavy atom. The van der Waals surface area contributed by atoms with Crippen LogP contribution in [-0.2, 0) is 11.0 Å². The predicted octanol–water partition coefficient (Wildman–Crippen LogP) is 7.29. The second-order valence-electron chi connectivity index (χ2n) is 8.13. The molecule has 1 aliphatic carbocycles. The molecule has 1 saturated carbocycles. The molecular formula is C23H23F6N3O2. The molecule has 3 N–H and O–H groups in total. The number of carbonyl (C=O) groups excluding carboxylic acids is 2. The Hall–Kier alpha value is -3.24. The number of anilines is 3. The quantitative estimate of drug-likeness (QED) is 0.388. The van der Waals surface area contributed by atoms with Gasteiger partial charge in [0.15, 0.2) is 0 Å². The van der Waals surface area contributed by atoms with Gasteiger partial charge >= 0.3 is 18.4 Å². The summed E-state index contributed by atoms with van der Waals surface area (Å²) in [4.78, 5) is 24.2. The van der Waals surface area contributed by atoms with Crippen LogP contribution < -0.4 is 16.0 Å². The Balaban J connectivity index is 1.80. The highest BCUT2D eigenvalue weighted by molar-refractivity contribution is 6.01. The number of halogens is 6. The van der Waals surface area contributed by atoms with Gasteiger partial charge < -0.3 is 16.0 Å². The summed E-state index contributed by atoms with van der Waals surface area (Å²) in [6, 6.07) is 7.74. The number of urea groups is 1. The summed E-state index contributed by atoms with van der Waals surface area (Å²) in [5.74, 6) is -1.16. The van der Waals surface area contributed by atoms with Gasteiger partial charge in [0.2, 0.25) is 5.91 Å². The molecule has 0 spiro atoms. The lowest BCUT2D eigenvalue weighted by Crippen LogP contribution is -2.23. The molecule has 3 amide bonds. The van der Waals surface area contributed by atoms with E-state index in [1.54, 1.807) is 6.07 Å². The van der Waals surface area contributed by atoms with E-state index in [0.717, 1.165) is 55.9 Å². The summed E-state index contributed by atoms with van der Waals surface area (Å²) in [7, 11) is 0. The van der Waals surface area contributed by atoms with Crippen molar-refractivity contribution < 1.29 is 35.9 Å². The van der Waals surface area contributed by atoms with Crippen LogP contribution in [0.2, 0.25) is 0 Å². The van der Waals surface area contributed by atoms with Gasteiger partial charge in [0.05, 0.1) is 5.56 Å². The van der Waals surface area contributed by atoms with Crippen LogP contribution in [0.4, 0.5) is 48.2 Å². The zero-order valence-corrected chi connectivity index (χ0v) is 17.9. The van der Waals surface area contributed by atoms with Crippen molar-refractivity contribution >= 4 is 29.0 Å². The number of hydrogen-bond acceptors (Lipinski definition) is 2. The third-order valence-corrected chi connectivity index (χ3v) is 5.44. The zero-order chi connectivity index (χ0) is 24.9. The topological polar surface area (TPSA) is 70.2 Å². The van der Waals surface area contributed by atoms with Gasteiger partial charge in [-0.15, -0.1) is 0 Å². The fourth-order valence-corrected chi connectivity index (χ4v) is 3.96. The van der Waals surface area contributed by atoms with Gasteiger partial charge in [-0.25, -0.2) is 4.79 Å². The van der Waals surface area contributed by atoms with Gasteiger partial charge in [-0.2, -0.15) is 26.3 Å². The van der Waals surface area contributed by atoms with Crippen LogP contribution in [0.5, 0.6) is 0 Å².